The summed E-state index contributed by atoms with van der Waals surface area (Å²) in [4.78, 5) is 4.98. The van der Waals surface area contributed by atoms with Crippen molar-refractivity contribution in [2.75, 3.05) is 31.1 Å². The lowest BCUT2D eigenvalue weighted by Crippen LogP contribution is -2.37. The summed E-state index contributed by atoms with van der Waals surface area (Å²) < 4.78 is 1.08. The van der Waals surface area contributed by atoms with E-state index in [1.807, 2.05) is 12.1 Å². The van der Waals surface area contributed by atoms with E-state index < -0.39 is 6.10 Å². The molecular weight excluding hydrogens is 316 g/mol. The SMILES string of the molecule is CCN(CC)C1CCN(c2ccc([C@H](C)O)cc2Br)C1. The van der Waals surface area contributed by atoms with Gasteiger partial charge in [-0.2, -0.15) is 0 Å². The number of anilines is 1. The summed E-state index contributed by atoms with van der Waals surface area (Å²) in [6, 6.07) is 6.84. The van der Waals surface area contributed by atoms with Crippen LogP contribution in [-0.4, -0.2) is 42.2 Å². The summed E-state index contributed by atoms with van der Waals surface area (Å²) in [6.07, 6.45) is 0.814. The number of rotatable bonds is 5. The number of hydrogen-bond acceptors (Lipinski definition) is 3. The molecule has 1 fully saturated rings. The third-order valence-electron chi connectivity index (χ3n) is 4.29. The highest BCUT2D eigenvalue weighted by atomic mass is 79.9. The summed E-state index contributed by atoms with van der Waals surface area (Å²) in [6.45, 7) is 10.7. The number of nitrogens with zero attached hydrogens (tertiary/aromatic N) is 2. The molecule has 0 amide bonds. The maximum absolute atomic E-state index is 9.64. The topological polar surface area (TPSA) is 26.7 Å². The Morgan fingerprint density at radius 3 is 2.65 bits per heavy atom. The van der Waals surface area contributed by atoms with Gasteiger partial charge in [-0.3, -0.25) is 4.90 Å². The van der Waals surface area contributed by atoms with E-state index in [9.17, 15) is 5.11 Å². The number of likely N-dealkylation sites (N-methyl/N-ethyl adjacent to an activating group) is 1. The highest BCUT2D eigenvalue weighted by molar-refractivity contribution is 9.10. The van der Waals surface area contributed by atoms with E-state index in [2.05, 4.69) is 45.6 Å². The fourth-order valence-electron chi connectivity index (χ4n) is 3.04. The molecule has 0 aromatic heterocycles. The standard InChI is InChI=1S/C16H25BrN2O/c1-4-18(5-2)14-8-9-19(11-14)16-7-6-13(12(3)20)10-15(16)17/h6-7,10,12,14,20H,4-5,8-9,11H2,1-3H3/t12-,14?/m0/s1. The van der Waals surface area contributed by atoms with Crippen molar-refractivity contribution in [3.05, 3.63) is 28.2 Å². The van der Waals surface area contributed by atoms with E-state index in [-0.39, 0.29) is 0 Å². The fraction of sp³-hybridized carbons (Fsp3) is 0.625. The summed E-state index contributed by atoms with van der Waals surface area (Å²) in [5, 5.41) is 9.64. The number of hydrogen-bond donors (Lipinski definition) is 1. The predicted octanol–water partition coefficient (Wildman–Crippen LogP) is 3.42. The average Bonchev–Trinajstić information content (AvgIpc) is 2.89. The van der Waals surface area contributed by atoms with Crippen LogP contribution in [0.1, 0.15) is 38.9 Å². The lowest BCUT2D eigenvalue weighted by Gasteiger charge is -2.27. The smallest absolute Gasteiger partial charge is 0.0762 e. The van der Waals surface area contributed by atoms with Gasteiger partial charge in [0.2, 0.25) is 0 Å². The normalized spacial score (nSPS) is 20.7. The van der Waals surface area contributed by atoms with Crippen LogP contribution in [0.2, 0.25) is 0 Å². The van der Waals surface area contributed by atoms with Crippen LogP contribution in [0.15, 0.2) is 22.7 Å². The minimum atomic E-state index is -0.414. The number of aliphatic hydroxyl groups is 1. The molecule has 1 N–H and O–H groups in total. The second-order valence-electron chi connectivity index (χ2n) is 5.50. The first-order valence-electron chi connectivity index (χ1n) is 7.53. The molecule has 0 saturated carbocycles. The van der Waals surface area contributed by atoms with Crippen molar-refractivity contribution in [2.24, 2.45) is 0 Å². The average molecular weight is 341 g/mol. The van der Waals surface area contributed by atoms with Crippen LogP contribution >= 0.6 is 15.9 Å². The molecule has 1 aliphatic heterocycles. The second-order valence-corrected chi connectivity index (χ2v) is 6.35. The first kappa shape index (κ1) is 15.8. The van der Waals surface area contributed by atoms with Gasteiger partial charge in [-0.15, -0.1) is 0 Å². The van der Waals surface area contributed by atoms with Crippen LogP contribution in [0.4, 0.5) is 5.69 Å². The van der Waals surface area contributed by atoms with Crippen molar-refractivity contribution < 1.29 is 5.11 Å². The molecule has 1 aromatic carbocycles. The van der Waals surface area contributed by atoms with Gasteiger partial charge in [0.15, 0.2) is 0 Å². The van der Waals surface area contributed by atoms with Crippen LogP contribution < -0.4 is 4.90 Å². The van der Waals surface area contributed by atoms with Gasteiger partial charge in [0.25, 0.3) is 0 Å². The highest BCUT2D eigenvalue weighted by Crippen LogP contribution is 2.32. The van der Waals surface area contributed by atoms with Crippen LogP contribution in [0.3, 0.4) is 0 Å². The summed E-state index contributed by atoms with van der Waals surface area (Å²) >= 11 is 3.65. The Balaban J connectivity index is 2.10. The molecule has 1 unspecified atom stereocenters. The Morgan fingerprint density at radius 2 is 2.10 bits per heavy atom. The highest BCUT2D eigenvalue weighted by Gasteiger charge is 2.27. The van der Waals surface area contributed by atoms with Gasteiger partial charge in [0.1, 0.15) is 0 Å². The van der Waals surface area contributed by atoms with Gasteiger partial charge in [-0.1, -0.05) is 19.9 Å². The van der Waals surface area contributed by atoms with Crippen LogP contribution in [0.5, 0.6) is 0 Å². The van der Waals surface area contributed by atoms with Crippen LogP contribution in [-0.2, 0) is 0 Å². The summed E-state index contributed by atoms with van der Waals surface area (Å²) in [5.41, 5.74) is 2.20. The molecule has 1 aliphatic rings. The maximum atomic E-state index is 9.64. The molecule has 0 bridgehead atoms. The van der Waals surface area contributed by atoms with E-state index in [0.717, 1.165) is 36.2 Å². The Morgan fingerprint density at radius 1 is 1.40 bits per heavy atom. The van der Waals surface area contributed by atoms with Crippen molar-refractivity contribution >= 4 is 21.6 Å². The van der Waals surface area contributed by atoms with E-state index in [1.54, 1.807) is 6.92 Å². The van der Waals surface area contributed by atoms with Gasteiger partial charge in [-0.05, 0) is 60.1 Å². The lowest BCUT2D eigenvalue weighted by molar-refractivity contribution is 0.199. The number of benzene rings is 1. The predicted molar refractivity (Wildman–Crippen MR) is 88.3 cm³/mol. The Labute approximate surface area is 130 Å². The largest absolute Gasteiger partial charge is 0.389 e. The minimum Gasteiger partial charge on any atom is -0.389 e. The van der Waals surface area contributed by atoms with Crippen molar-refractivity contribution in [3.63, 3.8) is 0 Å². The van der Waals surface area contributed by atoms with Crippen LogP contribution in [0, 0.1) is 0 Å². The molecule has 0 aliphatic carbocycles. The molecule has 20 heavy (non-hydrogen) atoms. The molecule has 3 nitrogen and oxygen atoms in total. The zero-order chi connectivity index (χ0) is 14.7. The molecule has 1 heterocycles. The third kappa shape index (κ3) is 3.35. The zero-order valence-corrected chi connectivity index (χ0v) is 14.2. The van der Waals surface area contributed by atoms with Gasteiger partial charge in [-0.25, -0.2) is 0 Å². The van der Waals surface area contributed by atoms with E-state index in [0.29, 0.717) is 6.04 Å². The number of aliphatic hydroxyl groups excluding tert-OH is 1. The minimum absolute atomic E-state index is 0.414. The quantitative estimate of drug-likeness (QED) is 0.889. The molecule has 2 atom stereocenters. The molecule has 112 valence electrons. The molecule has 0 spiro atoms. The summed E-state index contributed by atoms with van der Waals surface area (Å²) in [5.74, 6) is 0. The van der Waals surface area contributed by atoms with Crippen molar-refractivity contribution in [2.45, 2.75) is 39.3 Å². The third-order valence-corrected chi connectivity index (χ3v) is 4.92. The van der Waals surface area contributed by atoms with Crippen molar-refractivity contribution in [1.29, 1.82) is 0 Å². The zero-order valence-electron chi connectivity index (χ0n) is 12.6. The van der Waals surface area contributed by atoms with Crippen molar-refractivity contribution in [1.82, 2.24) is 4.90 Å². The first-order valence-corrected chi connectivity index (χ1v) is 8.32. The van der Waals surface area contributed by atoms with Crippen molar-refractivity contribution in [3.8, 4) is 0 Å². The number of halogens is 1. The van der Waals surface area contributed by atoms with Gasteiger partial charge in [0.05, 0.1) is 11.8 Å². The first-order chi connectivity index (χ1) is 9.56. The molecule has 1 aromatic rings. The van der Waals surface area contributed by atoms with E-state index >= 15 is 0 Å². The lowest BCUT2D eigenvalue weighted by atomic mass is 10.1. The summed E-state index contributed by atoms with van der Waals surface area (Å²) in [7, 11) is 0. The molecule has 0 radical (unpaired) electrons. The monoisotopic (exact) mass is 340 g/mol. The van der Waals surface area contributed by atoms with Crippen LogP contribution in [0.25, 0.3) is 0 Å². The Bertz CT molecular complexity index is 446. The molecular formula is C16H25BrN2O. The Kier molecular flexibility index (Phi) is 5.47. The van der Waals surface area contributed by atoms with E-state index in [4.69, 9.17) is 0 Å². The molecule has 4 heteroatoms. The van der Waals surface area contributed by atoms with Gasteiger partial charge in [0, 0.05) is 23.6 Å². The molecule has 2 rings (SSSR count). The molecule has 1 saturated heterocycles. The second kappa shape index (κ2) is 6.92. The van der Waals surface area contributed by atoms with E-state index in [1.165, 1.54) is 12.1 Å². The fourth-order valence-corrected chi connectivity index (χ4v) is 3.69. The Hall–Kier alpha value is -0.580. The van der Waals surface area contributed by atoms with Gasteiger partial charge < -0.3 is 10.0 Å². The maximum Gasteiger partial charge on any atom is 0.0762 e. The van der Waals surface area contributed by atoms with Gasteiger partial charge >= 0.3 is 0 Å².